The first-order valence-electron chi connectivity index (χ1n) is 4.23. The highest BCUT2D eigenvalue weighted by atomic mass is 16.5. The molecular weight excluding hydrogens is 140 g/mol. The molecular formula is C8H18N2O. The maximum absolute atomic E-state index is 5.76. The largest absolute Gasteiger partial charge is 0.380 e. The molecule has 1 fully saturated rings. The van der Waals surface area contributed by atoms with Gasteiger partial charge < -0.3 is 10.5 Å². The summed E-state index contributed by atoms with van der Waals surface area (Å²) < 4.78 is 5.16. The Morgan fingerprint density at radius 3 is 2.91 bits per heavy atom. The summed E-state index contributed by atoms with van der Waals surface area (Å²) >= 11 is 0. The molecule has 1 saturated heterocycles. The molecule has 2 unspecified atom stereocenters. The first-order chi connectivity index (χ1) is 5.22. The minimum atomic E-state index is 0.334. The lowest BCUT2D eigenvalue weighted by Crippen LogP contribution is -2.32. The number of rotatable bonds is 3. The zero-order valence-corrected chi connectivity index (χ0v) is 7.42. The lowest BCUT2D eigenvalue weighted by molar-refractivity contribution is 0.0848. The van der Waals surface area contributed by atoms with Crippen molar-refractivity contribution in [2.45, 2.75) is 25.5 Å². The van der Waals surface area contributed by atoms with E-state index in [9.17, 15) is 0 Å². The fraction of sp³-hybridized carbons (Fsp3) is 1.00. The third-order valence-corrected chi connectivity index (χ3v) is 2.23. The van der Waals surface area contributed by atoms with E-state index in [0.29, 0.717) is 12.1 Å². The predicted molar refractivity (Wildman–Crippen MR) is 45.5 cm³/mol. The zero-order chi connectivity index (χ0) is 8.27. The molecule has 0 aromatic rings. The van der Waals surface area contributed by atoms with Crippen molar-refractivity contribution in [1.82, 2.24) is 4.90 Å². The highest BCUT2D eigenvalue weighted by Crippen LogP contribution is 2.07. The monoisotopic (exact) mass is 158 g/mol. The van der Waals surface area contributed by atoms with Crippen molar-refractivity contribution in [2.24, 2.45) is 5.73 Å². The summed E-state index contributed by atoms with van der Waals surface area (Å²) in [6.07, 6.45) is 1.47. The zero-order valence-electron chi connectivity index (χ0n) is 7.42. The van der Waals surface area contributed by atoms with Gasteiger partial charge in [-0.3, -0.25) is 4.90 Å². The highest BCUT2D eigenvalue weighted by molar-refractivity contribution is 4.78. The SMILES string of the molecule is COC(C)CN1CCC(N)C1. The van der Waals surface area contributed by atoms with Gasteiger partial charge in [0.05, 0.1) is 6.10 Å². The molecule has 11 heavy (non-hydrogen) atoms. The number of ether oxygens (including phenoxy) is 1. The summed E-state index contributed by atoms with van der Waals surface area (Å²) in [4.78, 5) is 2.36. The van der Waals surface area contributed by atoms with Crippen molar-refractivity contribution in [2.75, 3.05) is 26.7 Å². The van der Waals surface area contributed by atoms with E-state index in [1.54, 1.807) is 7.11 Å². The molecule has 0 radical (unpaired) electrons. The van der Waals surface area contributed by atoms with Crippen LogP contribution >= 0.6 is 0 Å². The molecule has 0 amide bonds. The van der Waals surface area contributed by atoms with E-state index in [4.69, 9.17) is 10.5 Å². The summed E-state index contributed by atoms with van der Waals surface area (Å²) in [5.74, 6) is 0. The first-order valence-corrected chi connectivity index (χ1v) is 4.23. The van der Waals surface area contributed by atoms with E-state index in [-0.39, 0.29) is 0 Å². The van der Waals surface area contributed by atoms with E-state index < -0.39 is 0 Å². The van der Waals surface area contributed by atoms with Crippen molar-refractivity contribution in [3.8, 4) is 0 Å². The minimum absolute atomic E-state index is 0.334. The molecule has 2 atom stereocenters. The van der Waals surface area contributed by atoms with E-state index in [0.717, 1.165) is 26.1 Å². The van der Waals surface area contributed by atoms with Gasteiger partial charge in [-0.15, -0.1) is 0 Å². The van der Waals surface area contributed by atoms with Gasteiger partial charge in [0.1, 0.15) is 0 Å². The fourth-order valence-corrected chi connectivity index (χ4v) is 1.47. The second kappa shape index (κ2) is 4.04. The fourth-order valence-electron chi connectivity index (χ4n) is 1.47. The summed E-state index contributed by atoms with van der Waals surface area (Å²) in [5, 5.41) is 0. The molecule has 0 aromatic heterocycles. The molecule has 0 aromatic carbocycles. The molecule has 3 heteroatoms. The van der Waals surface area contributed by atoms with E-state index >= 15 is 0 Å². The highest BCUT2D eigenvalue weighted by Gasteiger charge is 2.19. The van der Waals surface area contributed by atoms with Gasteiger partial charge in [-0.2, -0.15) is 0 Å². The van der Waals surface area contributed by atoms with Gasteiger partial charge in [-0.1, -0.05) is 0 Å². The Morgan fingerprint density at radius 2 is 2.45 bits per heavy atom. The molecule has 1 heterocycles. The standard InChI is InChI=1S/C8H18N2O/c1-7(11-2)5-10-4-3-8(9)6-10/h7-8H,3-6,9H2,1-2H3. The molecule has 1 rings (SSSR count). The van der Waals surface area contributed by atoms with Crippen LogP contribution in [0.2, 0.25) is 0 Å². The van der Waals surface area contributed by atoms with E-state index in [1.807, 2.05) is 0 Å². The Hall–Kier alpha value is -0.120. The summed E-state index contributed by atoms with van der Waals surface area (Å²) in [6.45, 7) is 5.27. The topological polar surface area (TPSA) is 38.5 Å². The Bertz CT molecular complexity index is 119. The smallest absolute Gasteiger partial charge is 0.0670 e. The predicted octanol–water partition coefficient (Wildman–Crippen LogP) is 0.0543. The van der Waals surface area contributed by atoms with Crippen LogP contribution in [0, 0.1) is 0 Å². The maximum atomic E-state index is 5.76. The quantitative estimate of drug-likeness (QED) is 0.631. The van der Waals surface area contributed by atoms with Crippen molar-refractivity contribution in [1.29, 1.82) is 0 Å². The number of nitrogens with zero attached hydrogens (tertiary/aromatic N) is 1. The summed E-state index contributed by atoms with van der Waals surface area (Å²) in [7, 11) is 1.75. The molecule has 0 saturated carbocycles. The molecule has 66 valence electrons. The van der Waals surface area contributed by atoms with Gasteiger partial charge in [-0.25, -0.2) is 0 Å². The van der Waals surface area contributed by atoms with Gasteiger partial charge in [0.25, 0.3) is 0 Å². The maximum Gasteiger partial charge on any atom is 0.0670 e. The van der Waals surface area contributed by atoms with Gasteiger partial charge in [0.15, 0.2) is 0 Å². The second-order valence-electron chi connectivity index (χ2n) is 3.35. The van der Waals surface area contributed by atoms with Crippen molar-refractivity contribution >= 4 is 0 Å². The van der Waals surface area contributed by atoms with Crippen LogP contribution in [-0.2, 0) is 4.74 Å². The minimum Gasteiger partial charge on any atom is -0.380 e. The summed E-state index contributed by atoms with van der Waals surface area (Å²) in [6, 6.07) is 0.388. The second-order valence-corrected chi connectivity index (χ2v) is 3.35. The third-order valence-electron chi connectivity index (χ3n) is 2.23. The van der Waals surface area contributed by atoms with E-state index in [2.05, 4.69) is 11.8 Å². The van der Waals surface area contributed by atoms with Gasteiger partial charge >= 0.3 is 0 Å². The molecule has 0 spiro atoms. The number of likely N-dealkylation sites (tertiary alicyclic amines) is 1. The first kappa shape index (κ1) is 8.97. The number of hydrogen-bond acceptors (Lipinski definition) is 3. The lowest BCUT2D eigenvalue weighted by Gasteiger charge is -2.18. The molecule has 3 nitrogen and oxygen atoms in total. The summed E-state index contributed by atoms with van der Waals surface area (Å²) in [5.41, 5.74) is 5.76. The lowest BCUT2D eigenvalue weighted by atomic mass is 10.3. The van der Waals surface area contributed by atoms with Crippen LogP contribution in [0.5, 0.6) is 0 Å². The average molecular weight is 158 g/mol. The Balaban J connectivity index is 2.17. The normalized spacial score (nSPS) is 29.2. The Morgan fingerprint density at radius 1 is 1.73 bits per heavy atom. The van der Waals surface area contributed by atoms with Crippen molar-refractivity contribution in [3.63, 3.8) is 0 Å². The molecule has 2 N–H and O–H groups in total. The van der Waals surface area contributed by atoms with Gasteiger partial charge in [0.2, 0.25) is 0 Å². The number of hydrogen-bond donors (Lipinski definition) is 1. The van der Waals surface area contributed by atoms with Crippen molar-refractivity contribution in [3.05, 3.63) is 0 Å². The molecule has 1 aliphatic rings. The number of methoxy groups -OCH3 is 1. The van der Waals surface area contributed by atoms with Gasteiger partial charge in [-0.05, 0) is 19.9 Å². The van der Waals surface area contributed by atoms with E-state index in [1.165, 1.54) is 0 Å². The molecule has 0 bridgehead atoms. The van der Waals surface area contributed by atoms with Crippen LogP contribution in [0.3, 0.4) is 0 Å². The molecule has 0 aliphatic carbocycles. The van der Waals surface area contributed by atoms with Gasteiger partial charge in [0, 0.05) is 26.2 Å². The Labute approximate surface area is 68.5 Å². The van der Waals surface area contributed by atoms with Crippen LogP contribution < -0.4 is 5.73 Å². The Kier molecular flexibility index (Phi) is 3.30. The van der Waals surface area contributed by atoms with Crippen LogP contribution in [0.25, 0.3) is 0 Å². The molecule has 1 aliphatic heterocycles. The third kappa shape index (κ3) is 2.77. The van der Waals surface area contributed by atoms with Crippen LogP contribution in [0.4, 0.5) is 0 Å². The van der Waals surface area contributed by atoms with Crippen LogP contribution in [0.15, 0.2) is 0 Å². The number of nitrogens with two attached hydrogens (primary N) is 1. The van der Waals surface area contributed by atoms with Crippen molar-refractivity contribution < 1.29 is 4.74 Å². The van der Waals surface area contributed by atoms with Crippen LogP contribution in [-0.4, -0.2) is 43.8 Å². The van der Waals surface area contributed by atoms with Crippen LogP contribution in [0.1, 0.15) is 13.3 Å². The average Bonchev–Trinajstić information content (AvgIpc) is 2.35.